The Labute approximate surface area is 316 Å². The summed E-state index contributed by atoms with van der Waals surface area (Å²) in [5.41, 5.74) is -2.96. The molecule has 3 amide bonds. The van der Waals surface area contributed by atoms with Crippen LogP contribution in [0.4, 0.5) is 28.2 Å². The number of halogens is 7. The van der Waals surface area contributed by atoms with Gasteiger partial charge in [0.2, 0.25) is 0 Å². The van der Waals surface area contributed by atoms with Crippen LogP contribution >= 0.6 is 34.8 Å². The largest absolute Gasteiger partial charge is 0.497 e. The molecule has 11 nitrogen and oxygen atoms in total. The van der Waals surface area contributed by atoms with Gasteiger partial charge in [-0.15, -0.1) is 0 Å². The smallest absolute Gasteiger partial charge is 0.418 e. The average molecular weight is 801 g/mol. The molecule has 0 saturated heterocycles. The fraction of sp³-hybridized carbons (Fsp3) is 0.286. The van der Waals surface area contributed by atoms with E-state index in [1.807, 2.05) is 0 Å². The molecule has 2 aromatic carbocycles. The molecule has 18 heteroatoms. The van der Waals surface area contributed by atoms with Crippen LogP contribution in [0.15, 0.2) is 60.8 Å². The number of urea groups is 1. The van der Waals surface area contributed by atoms with E-state index >= 15 is 4.39 Å². The number of amides is 3. The molecule has 0 radical (unpaired) electrons. The van der Waals surface area contributed by atoms with E-state index in [1.54, 1.807) is 58.7 Å². The van der Waals surface area contributed by atoms with E-state index in [2.05, 4.69) is 15.3 Å². The summed E-state index contributed by atoms with van der Waals surface area (Å²) >= 11 is 16.4. The molecule has 0 bridgehead atoms. The lowest BCUT2D eigenvalue weighted by molar-refractivity contribution is -0.137. The van der Waals surface area contributed by atoms with Crippen LogP contribution in [0.1, 0.15) is 45.1 Å². The summed E-state index contributed by atoms with van der Waals surface area (Å²) in [6, 6.07) is 14.0. The first-order valence-electron chi connectivity index (χ1n) is 15.6. The molecule has 0 saturated carbocycles. The standard InChI is InChI=1S/C35H32Cl3F4N5O6/c1-5-53-31(48)25-16-43-30(28(39)24(25)15-44-33(50)46-32(49)34(36,37)38)29-27(35(40,41)42)19(2)14-26(45-29)47(17-20-6-10-22(51-3)11-7-20)18-21-8-12-23(52-4)13-9-21/h6-14,16H,5,15,17-18H2,1-4H3,(H2,44,46,49,50). The van der Waals surface area contributed by atoms with Crippen molar-refractivity contribution in [3.05, 3.63) is 100.0 Å². The summed E-state index contributed by atoms with van der Waals surface area (Å²) < 4.78 is 73.8. The highest BCUT2D eigenvalue weighted by atomic mass is 35.6. The fourth-order valence-corrected chi connectivity index (χ4v) is 5.24. The maximum Gasteiger partial charge on any atom is 0.418 e. The number of imide groups is 1. The molecule has 2 N–H and O–H groups in total. The summed E-state index contributed by atoms with van der Waals surface area (Å²) in [6.07, 6.45) is -4.22. The van der Waals surface area contributed by atoms with Crippen molar-refractivity contribution < 1.29 is 46.2 Å². The van der Waals surface area contributed by atoms with Crippen molar-refractivity contribution in [1.82, 2.24) is 20.6 Å². The number of carbonyl (C=O) groups excluding carboxylic acids is 3. The maximum absolute atomic E-state index is 16.6. The minimum absolute atomic E-state index is 0.0390. The number of benzene rings is 2. The van der Waals surface area contributed by atoms with Gasteiger partial charge in [-0.3, -0.25) is 15.1 Å². The lowest BCUT2D eigenvalue weighted by Gasteiger charge is -2.27. The second kappa shape index (κ2) is 17.3. The predicted molar refractivity (Wildman–Crippen MR) is 190 cm³/mol. The van der Waals surface area contributed by atoms with Crippen LogP contribution in [0.25, 0.3) is 11.4 Å². The lowest BCUT2D eigenvalue weighted by Crippen LogP contribution is -2.44. The topological polar surface area (TPSA) is 132 Å². The monoisotopic (exact) mass is 799 g/mol. The van der Waals surface area contributed by atoms with Crippen molar-refractivity contribution in [3.63, 3.8) is 0 Å². The zero-order valence-corrected chi connectivity index (χ0v) is 30.8. The molecule has 0 atom stereocenters. The van der Waals surface area contributed by atoms with Gasteiger partial charge in [-0.1, -0.05) is 59.1 Å². The van der Waals surface area contributed by atoms with Gasteiger partial charge in [-0.2, -0.15) is 13.2 Å². The summed E-state index contributed by atoms with van der Waals surface area (Å²) in [5, 5.41) is 3.84. The number of pyridine rings is 2. The summed E-state index contributed by atoms with van der Waals surface area (Å²) in [4.78, 5) is 47.1. The van der Waals surface area contributed by atoms with Crippen LogP contribution in [0.2, 0.25) is 0 Å². The Bertz CT molecular complexity index is 1910. The van der Waals surface area contributed by atoms with Crippen molar-refractivity contribution in [2.24, 2.45) is 0 Å². The van der Waals surface area contributed by atoms with Gasteiger partial charge in [0.15, 0.2) is 5.82 Å². The third-order valence-corrected chi connectivity index (χ3v) is 8.14. The molecule has 282 valence electrons. The van der Waals surface area contributed by atoms with Crippen molar-refractivity contribution in [1.29, 1.82) is 0 Å². The van der Waals surface area contributed by atoms with Gasteiger partial charge < -0.3 is 24.4 Å². The Morgan fingerprint density at radius 1 is 0.887 bits per heavy atom. The SMILES string of the molecule is CCOC(=O)c1cnc(-c2nc(N(Cc3ccc(OC)cc3)Cc3ccc(OC)cc3)cc(C)c2C(F)(F)F)c(F)c1CNC(=O)NC(=O)C(Cl)(Cl)Cl. The van der Waals surface area contributed by atoms with Crippen molar-refractivity contribution >= 4 is 58.5 Å². The number of carbonyl (C=O) groups is 3. The van der Waals surface area contributed by atoms with Gasteiger partial charge in [0.05, 0.1) is 32.0 Å². The number of esters is 1. The number of nitrogens with zero attached hydrogens (tertiary/aromatic N) is 3. The van der Waals surface area contributed by atoms with Crippen LogP contribution in [0.5, 0.6) is 11.5 Å². The summed E-state index contributed by atoms with van der Waals surface area (Å²) in [7, 11) is 3.02. The van der Waals surface area contributed by atoms with Crippen LogP contribution in [-0.4, -0.2) is 52.5 Å². The first kappa shape index (κ1) is 40.9. The molecule has 2 heterocycles. The average Bonchev–Trinajstić information content (AvgIpc) is 3.10. The number of alkyl halides is 6. The molecule has 0 fully saturated rings. The molecule has 0 aliphatic heterocycles. The zero-order chi connectivity index (χ0) is 39.1. The van der Waals surface area contributed by atoms with Crippen molar-refractivity contribution in [3.8, 4) is 22.9 Å². The molecule has 4 aromatic rings. The first-order chi connectivity index (χ1) is 25.0. The van der Waals surface area contributed by atoms with E-state index in [0.717, 1.165) is 17.3 Å². The van der Waals surface area contributed by atoms with E-state index in [4.69, 9.17) is 49.0 Å². The van der Waals surface area contributed by atoms with Crippen LogP contribution in [0, 0.1) is 12.7 Å². The Hall–Kier alpha value is -4.86. The highest BCUT2D eigenvalue weighted by Gasteiger charge is 2.39. The van der Waals surface area contributed by atoms with E-state index < -0.39 is 68.3 Å². The Morgan fingerprint density at radius 2 is 1.43 bits per heavy atom. The minimum atomic E-state index is -5.04. The van der Waals surface area contributed by atoms with E-state index in [0.29, 0.717) is 11.5 Å². The molecule has 0 aliphatic rings. The molecule has 53 heavy (non-hydrogen) atoms. The highest BCUT2D eigenvalue weighted by molar-refractivity contribution is 6.76. The van der Waals surface area contributed by atoms with E-state index in [1.165, 1.54) is 34.1 Å². The molecule has 0 unspecified atom stereocenters. The zero-order valence-electron chi connectivity index (χ0n) is 28.5. The molecule has 2 aromatic heterocycles. The number of ether oxygens (including phenoxy) is 3. The number of nitrogens with one attached hydrogen (secondary N) is 2. The van der Waals surface area contributed by atoms with Gasteiger partial charge in [-0.25, -0.2) is 19.0 Å². The molecule has 0 spiro atoms. The minimum Gasteiger partial charge on any atom is -0.497 e. The van der Waals surface area contributed by atoms with Gasteiger partial charge in [0.25, 0.3) is 9.70 Å². The second-order valence-electron chi connectivity index (χ2n) is 11.2. The third kappa shape index (κ3) is 10.4. The lowest BCUT2D eigenvalue weighted by atomic mass is 10.0. The molecular formula is C35H32Cl3F4N5O6. The third-order valence-electron chi connectivity index (χ3n) is 7.63. The van der Waals surface area contributed by atoms with Gasteiger partial charge in [0, 0.05) is 31.4 Å². The Morgan fingerprint density at radius 3 is 1.91 bits per heavy atom. The quantitative estimate of drug-likeness (QED) is 0.0841. The second-order valence-corrected chi connectivity index (χ2v) is 13.5. The highest BCUT2D eigenvalue weighted by Crippen LogP contribution is 2.41. The van der Waals surface area contributed by atoms with E-state index in [-0.39, 0.29) is 31.1 Å². The number of rotatable bonds is 12. The Kier molecular flexibility index (Phi) is 13.4. The van der Waals surface area contributed by atoms with Gasteiger partial charge in [-0.05, 0) is 60.9 Å². The normalized spacial score (nSPS) is 11.5. The molecule has 0 aliphatic carbocycles. The van der Waals surface area contributed by atoms with Crippen molar-refractivity contribution in [2.45, 2.75) is 43.5 Å². The predicted octanol–water partition coefficient (Wildman–Crippen LogP) is 7.71. The van der Waals surface area contributed by atoms with Crippen LogP contribution in [0.3, 0.4) is 0 Å². The van der Waals surface area contributed by atoms with Gasteiger partial charge in [0.1, 0.15) is 28.7 Å². The summed E-state index contributed by atoms with van der Waals surface area (Å²) in [5.74, 6) is -2.63. The van der Waals surface area contributed by atoms with E-state index in [9.17, 15) is 27.6 Å². The van der Waals surface area contributed by atoms with Crippen molar-refractivity contribution in [2.75, 3.05) is 25.7 Å². The van der Waals surface area contributed by atoms with Crippen LogP contribution in [-0.2, 0) is 35.3 Å². The Balaban J connectivity index is 1.88. The first-order valence-corrected chi connectivity index (χ1v) is 16.7. The number of hydrogen-bond donors (Lipinski definition) is 2. The fourth-order valence-electron chi connectivity index (χ4n) is 5.10. The number of aromatic nitrogens is 2. The number of anilines is 1. The molecular weight excluding hydrogens is 769 g/mol. The van der Waals surface area contributed by atoms with Crippen LogP contribution < -0.4 is 25.0 Å². The number of aryl methyl sites for hydroxylation is 1. The maximum atomic E-state index is 16.6. The van der Waals surface area contributed by atoms with Gasteiger partial charge >= 0.3 is 18.2 Å². The summed E-state index contributed by atoms with van der Waals surface area (Å²) in [6.45, 7) is 2.00. The molecule has 4 rings (SSSR count). The number of hydrogen-bond acceptors (Lipinski definition) is 9. The number of methoxy groups -OCH3 is 2.